The van der Waals surface area contributed by atoms with Gasteiger partial charge in [0.15, 0.2) is 11.5 Å². The third kappa shape index (κ3) is 3.54. The molecule has 0 radical (unpaired) electrons. The Balaban J connectivity index is 1.38. The molecule has 3 N–H and O–H groups in total. The smallest absolute Gasteiger partial charge is 0.256 e. The fourth-order valence-electron chi connectivity index (χ4n) is 4.92. The van der Waals surface area contributed by atoms with Crippen LogP contribution in [0.4, 0.5) is 17.5 Å². The summed E-state index contributed by atoms with van der Waals surface area (Å²) >= 11 is 0. The summed E-state index contributed by atoms with van der Waals surface area (Å²) in [5.41, 5.74) is 8.29. The van der Waals surface area contributed by atoms with Crippen LogP contribution in [0.5, 0.6) is 0 Å². The molecule has 0 bridgehead atoms. The standard InChI is InChI=1S/C23H25N9O2/c24-19(33)18-20(28-16-2-1-3-17(14-16)32-26-7-8-27-32)29-22(31-12-9-25-21(18)31)30-10-4-23(5-11-30)6-13-34-15-23/h1-3,7-9,12,14,28H,4-6,10-11,13,15H2,(H2,24,33). The van der Waals surface area contributed by atoms with Crippen molar-refractivity contribution in [3.8, 4) is 5.69 Å². The number of amides is 1. The third-order valence-corrected chi connectivity index (χ3v) is 6.83. The van der Waals surface area contributed by atoms with Gasteiger partial charge in [0.05, 0.1) is 24.7 Å². The van der Waals surface area contributed by atoms with Crippen LogP contribution in [0.1, 0.15) is 29.6 Å². The normalized spacial score (nSPS) is 17.5. The van der Waals surface area contributed by atoms with E-state index in [4.69, 9.17) is 15.5 Å². The number of nitrogens with two attached hydrogens (primary N) is 1. The lowest BCUT2D eigenvalue weighted by Crippen LogP contribution is -2.41. The summed E-state index contributed by atoms with van der Waals surface area (Å²) in [4.78, 5) is 25.6. The summed E-state index contributed by atoms with van der Waals surface area (Å²) in [7, 11) is 0. The number of nitrogens with zero attached hydrogens (tertiary/aromatic N) is 7. The van der Waals surface area contributed by atoms with Crippen molar-refractivity contribution in [2.45, 2.75) is 19.3 Å². The first-order chi connectivity index (χ1) is 16.6. The average molecular weight is 460 g/mol. The second-order valence-electron chi connectivity index (χ2n) is 8.90. The van der Waals surface area contributed by atoms with Crippen LogP contribution in [0, 0.1) is 5.41 Å². The van der Waals surface area contributed by atoms with E-state index in [9.17, 15) is 4.79 Å². The number of rotatable bonds is 5. The van der Waals surface area contributed by atoms with E-state index in [1.54, 1.807) is 18.6 Å². The molecular weight excluding hydrogens is 434 g/mol. The minimum absolute atomic E-state index is 0.244. The molecule has 11 heteroatoms. The molecule has 0 atom stereocenters. The van der Waals surface area contributed by atoms with E-state index >= 15 is 0 Å². The van der Waals surface area contributed by atoms with Gasteiger partial charge in [-0.2, -0.15) is 20.0 Å². The number of primary amides is 1. The van der Waals surface area contributed by atoms with Crippen LogP contribution in [-0.2, 0) is 4.74 Å². The number of carbonyl (C=O) groups is 1. The molecule has 1 amide bonds. The van der Waals surface area contributed by atoms with Crippen molar-refractivity contribution >= 4 is 29.0 Å². The van der Waals surface area contributed by atoms with Crippen molar-refractivity contribution < 1.29 is 9.53 Å². The van der Waals surface area contributed by atoms with E-state index in [1.807, 2.05) is 34.9 Å². The van der Waals surface area contributed by atoms with Crippen LogP contribution in [0.3, 0.4) is 0 Å². The number of fused-ring (bicyclic) bond motifs is 1. The van der Waals surface area contributed by atoms with Gasteiger partial charge in [-0.05, 0) is 42.9 Å². The van der Waals surface area contributed by atoms with E-state index in [-0.39, 0.29) is 11.0 Å². The molecule has 2 aliphatic heterocycles. The Kier molecular flexibility index (Phi) is 4.91. The van der Waals surface area contributed by atoms with Gasteiger partial charge < -0.3 is 20.7 Å². The summed E-state index contributed by atoms with van der Waals surface area (Å²) in [6.07, 6.45) is 9.92. The molecule has 5 heterocycles. The van der Waals surface area contributed by atoms with Crippen LogP contribution < -0.4 is 16.0 Å². The van der Waals surface area contributed by atoms with Gasteiger partial charge in [-0.1, -0.05) is 6.07 Å². The number of hydrogen-bond donors (Lipinski definition) is 2. The number of ether oxygens (including phenoxy) is 1. The number of hydrogen-bond acceptors (Lipinski definition) is 8. The number of nitrogens with one attached hydrogen (secondary N) is 1. The molecule has 174 valence electrons. The summed E-state index contributed by atoms with van der Waals surface area (Å²) in [5.74, 6) is 0.512. The van der Waals surface area contributed by atoms with Crippen LogP contribution in [0.25, 0.3) is 11.3 Å². The maximum Gasteiger partial charge on any atom is 0.256 e. The van der Waals surface area contributed by atoms with Gasteiger partial charge in [0, 0.05) is 37.8 Å². The molecule has 0 aliphatic carbocycles. The summed E-state index contributed by atoms with van der Waals surface area (Å²) in [6.45, 7) is 3.40. The zero-order chi connectivity index (χ0) is 23.1. The Hall–Kier alpha value is -3.99. The number of carbonyl (C=O) groups excluding carboxylic acids is 1. The van der Waals surface area contributed by atoms with E-state index in [1.165, 1.54) is 4.80 Å². The molecule has 34 heavy (non-hydrogen) atoms. The highest BCUT2D eigenvalue weighted by Gasteiger charge is 2.39. The highest BCUT2D eigenvalue weighted by Crippen LogP contribution is 2.40. The van der Waals surface area contributed by atoms with Gasteiger partial charge in [-0.15, -0.1) is 0 Å². The fraction of sp³-hybridized carbons (Fsp3) is 0.348. The monoisotopic (exact) mass is 459 g/mol. The summed E-state index contributed by atoms with van der Waals surface area (Å²) in [5, 5.41) is 11.6. The maximum atomic E-state index is 12.5. The Morgan fingerprint density at radius 2 is 1.94 bits per heavy atom. The van der Waals surface area contributed by atoms with Crippen molar-refractivity contribution in [3.63, 3.8) is 0 Å². The Labute approximate surface area is 195 Å². The zero-order valence-electron chi connectivity index (χ0n) is 18.6. The number of benzene rings is 1. The van der Waals surface area contributed by atoms with Gasteiger partial charge in [0.1, 0.15) is 5.56 Å². The lowest BCUT2D eigenvalue weighted by Gasteiger charge is -2.39. The predicted molar refractivity (Wildman–Crippen MR) is 125 cm³/mol. The molecule has 1 aromatic carbocycles. The number of piperidine rings is 1. The van der Waals surface area contributed by atoms with Gasteiger partial charge in [0.2, 0.25) is 5.95 Å². The molecular formula is C23H25N9O2. The largest absolute Gasteiger partial charge is 0.381 e. The Morgan fingerprint density at radius 1 is 1.12 bits per heavy atom. The minimum Gasteiger partial charge on any atom is -0.381 e. The Morgan fingerprint density at radius 3 is 2.68 bits per heavy atom. The van der Waals surface area contributed by atoms with Crippen LogP contribution >= 0.6 is 0 Å². The second kappa shape index (κ2) is 8.10. The van der Waals surface area contributed by atoms with Crippen molar-refractivity contribution in [2.75, 3.05) is 36.5 Å². The lowest BCUT2D eigenvalue weighted by atomic mass is 9.78. The second-order valence-corrected chi connectivity index (χ2v) is 8.90. The molecule has 4 aromatic rings. The Bertz CT molecular complexity index is 1330. The first-order valence-electron chi connectivity index (χ1n) is 11.4. The van der Waals surface area contributed by atoms with E-state index in [0.717, 1.165) is 62.9 Å². The number of aromatic nitrogens is 6. The average Bonchev–Trinajstić information content (AvgIpc) is 3.62. The van der Waals surface area contributed by atoms with Gasteiger partial charge >= 0.3 is 0 Å². The summed E-state index contributed by atoms with van der Waals surface area (Å²) in [6, 6.07) is 7.55. The first-order valence-corrected chi connectivity index (χ1v) is 11.4. The minimum atomic E-state index is -0.594. The maximum absolute atomic E-state index is 12.5. The van der Waals surface area contributed by atoms with Gasteiger partial charge in [0.25, 0.3) is 5.91 Å². The van der Waals surface area contributed by atoms with Crippen molar-refractivity contribution in [3.05, 3.63) is 54.6 Å². The van der Waals surface area contributed by atoms with E-state index in [0.29, 0.717) is 11.5 Å². The number of anilines is 3. The molecule has 1 spiro atoms. The quantitative estimate of drug-likeness (QED) is 0.465. The molecule has 6 rings (SSSR count). The van der Waals surface area contributed by atoms with Crippen molar-refractivity contribution in [2.24, 2.45) is 11.1 Å². The zero-order valence-corrected chi connectivity index (χ0v) is 18.6. The van der Waals surface area contributed by atoms with E-state index < -0.39 is 5.91 Å². The molecule has 3 aromatic heterocycles. The summed E-state index contributed by atoms with van der Waals surface area (Å²) < 4.78 is 7.52. The number of imidazole rings is 1. The van der Waals surface area contributed by atoms with Crippen molar-refractivity contribution in [1.29, 1.82) is 0 Å². The molecule has 0 saturated carbocycles. The topological polar surface area (TPSA) is 128 Å². The van der Waals surface area contributed by atoms with Crippen LogP contribution in [-0.4, -0.2) is 61.6 Å². The molecule has 2 fully saturated rings. The highest BCUT2D eigenvalue weighted by atomic mass is 16.5. The third-order valence-electron chi connectivity index (χ3n) is 6.83. The molecule has 0 unspecified atom stereocenters. The van der Waals surface area contributed by atoms with E-state index in [2.05, 4.69) is 25.4 Å². The van der Waals surface area contributed by atoms with Gasteiger partial charge in [-0.3, -0.25) is 9.20 Å². The molecule has 2 saturated heterocycles. The predicted octanol–water partition coefficient (Wildman–Crippen LogP) is 2.16. The first kappa shape index (κ1) is 20.6. The van der Waals surface area contributed by atoms with Gasteiger partial charge in [-0.25, -0.2) is 4.98 Å². The fourth-order valence-corrected chi connectivity index (χ4v) is 4.92. The van der Waals surface area contributed by atoms with Crippen LogP contribution in [0.15, 0.2) is 49.1 Å². The highest BCUT2D eigenvalue weighted by molar-refractivity contribution is 6.04. The lowest BCUT2D eigenvalue weighted by molar-refractivity contribution is 0.100. The SMILES string of the molecule is NC(=O)c1c(Nc2cccc(-n3nccn3)c2)nc(N2CCC3(CCOC3)CC2)n2ccnc12. The van der Waals surface area contributed by atoms with Crippen LogP contribution in [0.2, 0.25) is 0 Å². The molecule has 11 nitrogen and oxygen atoms in total. The molecule has 2 aliphatic rings. The van der Waals surface area contributed by atoms with Crippen molar-refractivity contribution in [1.82, 2.24) is 29.4 Å².